The van der Waals surface area contributed by atoms with E-state index in [9.17, 15) is 31.1 Å². The predicted octanol–water partition coefficient (Wildman–Crippen LogP) is 2.68. The summed E-state index contributed by atoms with van der Waals surface area (Å²) in [6.07, 6.45) is -6.98. The molecular formula is C19H31F6N3O5. The van der Waals surface area contributed by atoms with Crippen molar-refractivity contribution < 1.29 is 50.9 Å². The molecule has 2 fully saturated rings. The summed E-state index contributed by atoms with van der Waals surface area (Å²) in [6, 6.07) is 0.326. The maximum atomic E-state index is 12.9. The van der Waals surface area contributed by atoms with Gasteiger partial charge in [0.2, 0.25) is 5.91 Å². The van der Waals surface area contributed by atoms with Crippen LogP contribution in [0.5, 0.6) is 0 Å². The second-order valence-corrected chi connectivity index (χ2v) is 7.99. The van der Waals surface area contributed by atoms with Gasteiger partial charge in [0.25, 0.3) is 0 Å². The number of carboxylic acids is 2. The Hall–Kier alpha value is -2.09. The fourth-order valence-corrected chi connectivity index (χ4v) is 3.55. The minimum atomic E-state index is -5.08. The first kappa shape index (κ1) is 30.9. The van der Waals surface area contributed by atoms with Crippen LogP contribution in [0.15, 0.2) is 0 Å². The molecule has 2 aliphatic heterocycles. The molecule has 0 radical (unpaired) electrons. The predicted molar refractivity (Wildman–Crippen MR) is 106 cm³/mol. The number of hydrogen-bond donors (Lipinski definition) is 2. The molecule has 2 saturated heterocycles. The molecule has 2 heterocycles. The highest BCUT2D eigenvalue weighted by Crippen LogP contribution is 2.33. The van der Waals surface area contributed by atoms with Gasteiger partial charge in [0.15, 0.2) is 0 Å². The largest absolute Gasteiger partial charge is 0.490 e. The van der Waals surface area contributed by atoms with Crippen molar-refractivity contribution in [2.75, 3.05) is 39.8 Å². The summed E-state index contributed by atoms with van der Waals surface area (Å²) >= 11 is 0. The van der Waals surface area contributed by atoms with Crippen molar-refractivity contribution in [1.82, 2.24) is 14.7 Å². The Morgan fingerprint density at radius 3 is 1.64 bits per heavy atom. The summed E-state index contributed by atoms with van der Waals surface area (Å²) in [5, 5.41) is 14.2. The number of alkyl halides is 6. The van der Waals surface area contributed by atoms with E-state index in [0.29, 0.717) is 11.9 Å². The van der Waals surface area contributed by atoms with Crippen LogP contribution >= 0.6 is 0 Å². The highest BCUT2D eigenvalue weighted by molar-refractivity contribution is 5.87. The monoisotopic (exact) mass is 495 g/mol. The lowest BCUT2D eigenvalue weighted by Crippen LogP contribution is -2.68. The first-order valence-corrected chi connectivity index (χ1v) is 10.2. The molecule has 2 aliphatic rings. The Morgan fingerprint density at radius 1 is 0.939 bits per heavy atom. The molecule has 0 aliphatic carbocycles. The molecule has 33 heavy (non-hydrogen) atoms. The van der Waals surface area contributed by atoms with Crippen molar-refractivity contribution in [2.45, 2.75) is 64.0 Å². The van der Waals surface area contributed by atoms with E-state index >= 15 is 0 Å². The van der Waals surface area contributed by atoms with Crippen LogP contribution in [0.25, 0.3) is 0 Å². The third-order valence-corrected chi connectivity index (χ3v) is 5.40. The number of likely N-dealkylation sites (tertiary alicyclic amines) is 1. The van der Waals surface area contributed by atoms with Gasteiger partial charge in [-0.05, 0) is 46.7 Å². The Bertz CT molecular complexity index is 637. The SMILES string of the molecule is CCCN1CCC2(CC1)C(=O)N(C(C)C)CCN2C.O=C(O)C(F)(F)F.O=C(O)C(F)(F)F. The lowest BCUT2D eigenvalue weighted by atomic mass is 9.82. The summed E-state index contributed by atoms with van der Waals surface area (Å²) in [6.45, 7) is 11.7. The zero-order chi connectivity index (χ0) is 26.2. The summed E-state index contributed by atoms with van der Waals surface area (Å²) in [5.41, 5.74) is -0.216. The number of likely N-dealkylation sites (N-methyl/N-ethyl adjacent to an activating group) is 1. The molecule has 1 amide bonds. The number of hydrogen-bond acceptors (Lipinski definition) is 5. The van der Waals surface area contributed by atoms with Gasteiger partial charge in [-0.3, -0.25) is 9.69 Å². The third-order valence-electron chi connectivity index (χ3n) is 5.40. The van der Waals surface area contributed by atoms with Gasteiger partial charge >= 0.3 is 24.3 Å². The number of piperazine rings is 1. The molecule has 0 aromatic carbocycles. The van der Waals surface area contributed by atoms with Crippen LogP contribution in [0.3, 0.4) is 0 Å². The van der Waals surface area contributed by atoms with Gasteiger partial charge in [0, 0.05) is 32.2 Å². The van der Waals surface area contributed by atoms with Gasteiger partial charge < -0.3 is 20.0 Å². The number of rotatable bonds is 3. The second kappa shape index (κ2) is 12.4. The van der Waals surface area contributed by atoms with E-state index in [1.54, 1.807) is 0 Å². The van der Waals surface area contributed by atoms with Crippen LogP contribution in [-0.2, 0) is 14.4 Å². The molecule has 0 unspecified atom stereocenters. The Morgan fingerprint density at radius 2 is 1.33 bits per heavy atom. The number of halogens is 6. The quantitative estimate of drug-likeness (QED) is 0.581. The summed E-state index contributed by atoms with van der Waals surface area (Å²) in [4.78, 5) is 37.6. The molecule has 0 atom stereocenters. The average molecular weight is 495 g/mol. The Balaban J connectivity index is 0.000000605. The zero-order valence-electron chi connectivity index (χ0n) is 19.0. The average Bonchev–Trinajstić information content (AvgIpc) is 2.67. The van der Waals surface area contributed by atoms with Crippen LogP contribution in [0.4, 0.5) is 26.3 Å². The number of aliphatic carboxylic acids is 2. The zero-order valence-corrected chi connectivity index (χ0v) is 19.0. The van der Waals surface area contributed by atoms with E-state index in [0.717, 1.165) is 39.0 Å². The van der Waals surface area contributed by atoms with E-state index in [1.165, 1.54) is 13.0 Å². The van der Waals surface area contributed by atoms with Crippen molar-refractivity contribution in [3.63, 3.8) is 0 Å². The van der Waals surface area contributed by atoms with Crippen LogP contribution in [-0.4, -0.2) is 106 Å². The molecule has 2 N–H and O–H groups in total. The normalized spacial score (nSPS) is 19.5. The maximum Gasteiger partial charge on any atom is 0.490 e. The number of carbonyl (C=O) groups is 3. The topological polar surface area (TPSA) is 101 Å². The molecule has 1 spiro atoms. The molecule has 0 saturated carbocycles. The van der Waals surface area contributed by atoms with Gasteiger partial charge in [0.1, 0.15) is 5.54 Å². The van der Waals surface area contributed by atoms with Gasteiger partial charge in [0.05, 0.1) is 0 Å². The number of carboxylic acid groups (broad SMARTS) is 2. The fourth-order valence-electron chi connectivity index (χ4n) is 3.55. The smallest absolute Gasteiger partial charge is 0.475 e. The third kappa shape index (κ3) is 9.35. The lowest BCUT2D eigenvalue weighted by molar-refractivity contribution is -0.193. The number of nitrogens with zero attached hydrogens (tertiary/aromatic N) is 3. The molecule has 14 heteroatoms. The molecule has 0 aromatic rings. The van der Waals surface area contributed by atoms with Crippen LogP contribution in [0.2, 0.25) is 0 Å². The number of carbonyl (C=O) groups excluding carboxylic acids is 1. The van der Waals surface area contributed by atoms with Gasteiger partial charge in [-0.15, -0.1) is 0 Å². The van der Waals surface area contributed by atoms with Crippen LogP contribution < -0.4 is 0 Å². The van der Waals surface area contributed by atoms with Gasteiger partial charge in [-0.25, -0.2) is 9.59 Å². The molecule has 2 rings (SSSR count). The van der Waals surface area contributed by atoms with E-state index < -0.39 is 24.3 Å². The maximum absolute atomic E-state index is 12.9. The standard InChI is InChI=1S/C15H29N3O.2C2HF3O2/c1-5-8-17-9-6-15(7-10-17)14(19)18(13(2)3)12-11-16(15)4;2*3-2(4,5)1(6)7/h13H,5-12H2,1-4H3;2*(H,6,7). The molecule has 0 bridgehead atoms. The second-order valence-electron chi connectivity index (χ2n) is 7.99. The Kier molecular flexibility index (Phi) is 11.6. The van der Waals surface area contributed by atoms with Crippen LogP contribution in [0.1, 0.15) is 40.0 Å². The number of amides is 1. The van der Waals surface area contributed by atoms with E-state index in [2.05, 4.69) is 42.5 Å². The fraction of sp³-hybridized carbons (Fsp3) is 0.842. The minimum absolute atomic E-state index is 0.216. The Labute approximate surface area is 188 Å². The minimum Gasteiger partial charge on any atom is -0.475 e. The van der Waals surface area contributed by atoms with Crippen LogP contribution in [0, 0.1) is 0 Å². The van der Waals surface area contributed by atoms with Crippen molar-refractivity contribution in [1.29, 1.82) is 0 Å². The van der Waals surface area contributed by atoms with Crippen molar-refractivity contribution in [3.05, 3.63) is 0 Å². The summed E-state index contributed by atoms with van der Waals surface area (Å²) in [5.74, 6) is -5.15. The lowest BCUT2D eigenvalue weighted by Gasteiger charge is -2.52. The van der Waals surface area contributed by atoms with Gasteiger partial charge in [-0.2, -0.15) is 26.3 Å². The van der Waals surface area contributed by atoms with Gasteiger partial charge in [-0.1, -0.05) is 6.92 Å². The highest BCUT2D eigenvalue weighted by Gasteiger charge is 2.49. The van der Waals surface area contributed by atoms with E-state index in [4.69, 9.17) is 19.8 Å². The summed E-state index contributed by atoms with van der Waals surface area (Å²) in [7, 11) is 2.13. The van der Waals surface area contributed by atoms with Crippen molar-refractivity contribution in [2.24, 2.45) is 0 Å². The molecule has 0 aromatic heterocycles. The van der Waals surface area contributed by atoms with Crippen molar-refractivity contribution >= 4 is 17.8 Å². The van der Waals surface area contributed by atoms with E-state index in [1.807, 2.05) is 0 Å². The molecular weight excluding hydrogens is 464 g/mol. The first-order valence-electron chi connectivity index (χ1n) is 10.2. The van der Waals surface area contributed by atoms with E-state index in [-0.39, 0.29) is 5.54 Å². The molecule has 8 nitrogen and oxygen atoms in total. The number of piperidine rings is 1. The first-order chi connectivity index (χ1) is 14.9. The molecule has 194 valence electrons. The van der Waals surface area contributed by atoms with Crippen molar-refractivity contribution in [3.8, 4) is 0 Å². The summed E-state index contributed by atoms with van der Waals surface area (Å²) < 4.78 is 63.5. The highest BCUT2D eigenvalue weighted by atomic mass is 19.4.